The van der Waals surface area contributed by atoms with Crippen molar-refractivity contribution < 1.29 is 17.9 Å². The number of pyridine rings is 2. The molecule has 0 aromatic carbocycles. The summed E-state index contributed by atoms with van der Waals surface area (Å²) < 4.78 is 48.2. The molecule has 4 aromatic rings. The highest BCUT2D eigenvalue weighted by Crippen LogP contribution is 2.32. The zero-order valence-corrected chi connectivity index (χ0v) is 19.2. The van der Waals surface area contributed by atoms with Gasteiger partial charge >= 0.3 is 6.18 Å². The van der Waals surface area contributed by atoms with E-state index >= 15 is 0 Å². The molecular formula is C23H22F3N7O2. The van der Waals surface area contributed by atoms with E-state index in [2.05, 4.69) is 15.1 Å². The topological polar surface area (TPSA) is 91.0 Å². The SMILES string of the molecule is Cc1nc2cc(N3CCO[C@H](c4cnn(C)c4)C3)nc(-c3ccc(C(F)(F)F)nc3)c2c(=O)n1C. The van der Waals surface area contributed by atoms with Gasteiger partial charge < -0.3 is 9.64 Å². The molecule has 35 heavy (non-hydrogen) atoms. The largest absolute Gasteiger partial charge is 0.433 e. The van der Waals surface area contributed by atoms with E-state index in [1.807, 2.05) is 18.1 Å². The minimum atomic E-state index is -4.57. The Hall–Kier alpha value is -3.80. The molecule has 0 spiro atoms. The van der Waals surface area contributed by atoms with Crippen LogP contribution in [0, 0.1) is 6.92 Å². The fourth-order valence-electron chi connectivity index (χ4n) is 4.12. The minimum absolute atomic E-state index is 0.223. The van der Waals surface area contributed by atoms with E-state index in [4.69, 9.17) is 9.72 Å². The number of anilines is 1. The monoisotopic (exact) mass is 485 g/mol. The smallest absolute Gasteiger partial charge is 0.370 e. The van der Waals surface area contributed by atoms with E-state index in [0.717, 1.165) is 17.8 Å². The molecule has 0 bridgehead atoms. The first kappa shape index (κ1) is 23.0. The third-order valence-electron chi connectivity index (χ3n) is 6.09. The highest BCUT2D eigenvalue weighted by Gasteiger charge is 2.32. The van der Waals surface area contributed by atoms with Crippen LogP contribution >= 0.6 is 0 Å². The summed E-state index contributed by atoms with van der Waals surface area (Å²) in [6.07, 6.45) is -0.0821. The summed E-state index contributed by atoms with van der Waals surface area (Å²) in [5.74, 6) is 1.05. The zero-order valence-electron chi connectivity index (χ0n) is 19.2. The molecule has 1 aliphatic rings. The molecule has 12 heteroatoms. The fraction of sp³-hybridized carbons (Fsp3) is 0.348. The Balaban J connectivity index is 1.63. The van der Waals surface area contributed by atoms with Crippen molar-refractivity contribution in [2.24, 2.45) is 14.1 Å². The number of aromatic nitrogens is 6. The third-order valence-corrected chi connectivity index (χ3v) is 6.09. The summed E-state index contributed by atoms with van der Waals surface area (Å²) in [5, 5.41) is 4.43. The molecule has 5 heterocycles. The zero-order chi connectivity index (χ0) is 24.9. The van der Waals surface area contributed by atoms with E-state index in [0.29, 0.717) is 42.4 Å². The van der Waals surface area contributed by atoms with Gasteiger partial charge in [0.05, 0.1) is 29.4 Å². The van der Waals surface area contributed by atoms with Crippen molar-refractivity contribution in [3.8, 4) is 11.3 Å². The van der Waals surface area contributed by atoms with Crippen molar-refractivity contribution in [3.05, 3.63) is 64.2 Å². The van der Waals surface area contributed by atoms with Gasteiger partial charge in [0, 0.05) is 56.8 Å². The molecule has 0 radical (unpaired) electrons. The number of hydrogen-bond donors (Lipinski definition) is 0. The average molecular weight is 485 g/mol. The Bertz CT molecular complexity index is 1460. The second kappa shape index (κ2) is 8.45. The second-order valence-electron chi connectivity index (χ2n) is 8.43. The van der Waals surface area contributed by atoms with Crippen LogP contribution in [0.1, 0.15) is 23.2 Å². The maximum Gasteiger partial charge on any atom is 0.433 e. The first-order valence-electron chi connectivity index (χ1n) is 10.9. The van der Waals surface area contributed by atoms with Gasteiger partial charge in [-0.25, -0.2) is 9.97 Å². The molecule has 4 aromatic heterocycles. The summed E-state index contributed by atoms with van der Waals surface area (Å²) in [7, 11) is 3.42. The quantitative estimate of drug-likeness (QED) is 0.441. The van der Waals surface area contributed by atoms with Gasteiger partial charge in [-0.15, -0.1) is 0 Å². The Labute approximate surface area is 197 Å². The van der Waals surface area contributed by atoms with Crippen LogP contribution in [0.25, 0.3) is 22.2 Å². The number of ether oxygens (including phenoxy) is 1. The van der Waals surface area contributed by atoms with Crippen molar-refractivity contribution in [2.75, 3.05) is 24.6 Å². The number of fused-ring (bicyclic) bond motifs is 1. The molecule has 0 saturated carbocycles. The van der Waals surface area contributed by atoms with Gasteiger partial charge in [-0.05, 0) is 19.1 Å². The number of rotatable bonds is 3. The van der Waals surface area contributed by atoms with Crippen LogP contribution in [0.2, 0.25) is 0 Å². The lowest BCUT2D eigenvalue weighted by molar-refractivity contribution is -0.141. The summed E-state index contributed by atoms with van der Waals surface area (Å²) >= 11 is 0. The van der Waals surface area contributed by atoms with Gasteiger partial charge in [0.15, 0.2) is 0 Å². The van der Waals surface area contributed by atoms with Crippen molar-refractivity contribution >= 4 is 16.7 Å². The van der Waals surface area contributed by atoms with Crippen molar-refractivity contribution in [1.29, 1.82) is 0 Å². The van der Waals surface area contributed by atoms with Crippen molar-refractivity contribution in [1.82, 2.24) is 29.3 Å². The molecule has 0 N–H and O–H groups in total. The molecule has 1 fully saturated rings. The van der Waals surface area contributed by atoms with Crippen LogP contribution in [0.3, 0.4) is 0 Å². The lowest BCUT2D eigenvalue weighted by Crippen LogP contribution is -2.39. The molecule has 5 rings (SSSR count). The Morgan fingerprint density at radius 1 is 1.14 bits per heavy atom. The summed E-state index contributed by atoms with van der Waals surface area (Å²) in [6.45, 7) is 3.19. The van der Waals surface area contributed by atoms with Gasteiger partial charge in [0.25, 0.3) is 5.56 Å². The molecule has 182 valence electrons. The molecule has 0 unspecified atom stereocenters. The van der Waals surface area contributed by atoms with E-state index in [9.17, 15) is 18.0 Å². The van der Waals surface area contributed by atoms with Gasteiger partial charge in [-0.3, -0.25) is 19.0 Å². The molecule has 1 atom stereocenters. The first-order chi connectivity index (χ1) is 16.6. The summed E-state index contributed by atoms with van der Waals surface area (Å²) in [5.41, 5.74) is 0.511. The summed E-state index contributed by atoms with van der Waals surface area (Å²) in [6, 6.07) is 3.89. The normalized spacial score (nSPS) is 16.7. The average Bonchev–Trinajstić information content (AvgIpc) is 3.28. The number of nitrogens with zero attached hydrogens (tertiary/aromatic N) is 7. The maximum atomic E-state index is 13.1. The Morgan fingerprint density at radius 3 is 2.60 bits per heavy atom. The Morgan fingerprint density at radius 2 is 1.94 bits per heavy atom. The highest BCUT2D eigenvalue weighted by molar-refractivity contribution is 5.93. The fourth-order valence-corrected chi connectivity index (χ4v) is 4.12. The number of halogens is 3. The lowest BCUT2D eigenvalue weighted by atomic mass is 10.1. The minimum Gasteiger partial charge on any atom is -0.370 e. The van der Waals surface area contributed by atoms with E-state index in [1.54, 1.807) is 30.9 Å². The first-order valence-corrected chi connectivity index (χ1v) is 10.9. The van der Waals surface area contributed by atoms with Crippen LogP contribution in [0.4, 0.5) is 19.0 Å². The van der Waals surface area contributed by atoms with E-state index < -0.39 is 11.9 Å². The van der Waals surface area contributed by atoms with E-state index in [-0.39, 0.29) is 22.7 Å². The molecule has 9 nitrogen and oxygen atoms in total. The standard InChI is InChI=1S/C23H22F3N7O2/c1-13-29-16-8-19(33-6-7-35-17(12-33)15-10-28-31(2)11-15)30-21(20(16)22(34)32(13)3)14-4-5-18(27-9-14)23(24,25)26/h4-5,8-11,17H,6-7,12H2,1-3H3/t17-/m0/s1. The van der Waals surface area contributed by atoms with Crippen molar-refractivity contribution in [3.63, 3.8) is 0 Å². The molecule has 1 saturated heterocycles. The van der Waals surface area contributed by atoms with Crippen LogP contribution in [-0.2, 0) is 25.0 Å². The summed E-state index contributed by atoms with van der Waals surface area (Å²) in [4.78, 5) is 28.0. The van der Waals surface area contributed by atoms with Crippen molar-refractivity contribution in [2.45, 2.75) is 19.2 Å². The van der Waals surface area contributed by atoms with Crippen LogP contribution in [0.5, 0.6) is 0 Å². The highest BCUT2D eigenvalue weighted by atomic mass is 19.4. The Kier molecular flexibility index (Phi) is 5.55. The van der Waals surface area contributed by atoms with Gasteiger partial charge in [-0.1, -0.05) is 0 Å². The molecule has 0 amide bonds. The predicted octanol–water partition coefficient (Wildman–Crippen LogP) is 3.03. The van der Waals surface area contributed by atoms with Gasteiger partial charge in [-0.2, -0.15) is 18.3 Å². The predicted molar refractivity (Wildman–Crippen MR) is 122 cm³/mol. The maximum absolute atomic E-state index is 13.1. The second-order valence-corrected chi connectivity index (χ2v) is 8.43. The lowest BCUT2D eigenvalue weighted by Gasteiger charge is -2.33. The van der Waals surface area contributed by atoms with Crippen LogP contribution < -0.4 is 10.5 Å². The number of aryl methyl sites for hydroxylation is 2. The molecular weight excluding hydrogens is 463 g/mol. The van der Waals surface area contributed by atoms with Gasteiger partial charge in [0.2, 0.25) is 0 Å². The number of alkyl halides is 3. The number of hydrogen-bond acceptors (Lipinski definition) is 7. The van der Waals surface area contributed by atoms with Gasteiger partial charge in [0.1, 0.15) is 23.4 Å². The molecule has 1 aliphatic heterocycles. The number of morpholine rings is 1. The van der Waals surface area contributed by atoms with Crippen LogP contribution in [0.15, 0.2) is 41.6 Å². The van der Waals surface area contributed by atoms with Crippen LogP contribution in [-0.4, -0.2) is 49.0 Å². The molecule has 0 aliphatic carbocycles. The third kappa shape index (κ3) is 4.25. The van der Waals surface area contributed by atoms with E-state index in [1.165, 1.54) is 10.6 Å².